The Morgan fingerprint density at radius 1 is 1.02 bits per heavy atom. The Morgan fingerprint density at radius 2 is 1.76 bits per heavy atom. The average Bonchev–Trinajstić information content (AvgIpc) is 2.99. The zero-order valence-electron chi connectivity index (χ0n) is 24.2. The monoisotopic (exact) mass is 595 g/mol. The topological polar surface area (TPSA) is 93.9 Å². The molecule has 9 heteroatoms. The largest absolute Gasteiger partial charge is 0.488 e. The average molecular weight is 596 g/mol. The lowest BCUT2D eigenvalue weighted by Crippen LogP contribution is -2.34. The van der Waals surface area contributed by atoms with Crippen LogP contribution in [0.1, 0.15) is 59.5 Å². The van der Waals surface area contributed by atoms with Gasteiger partial charge in [0.2, 0.25) is 11.8 Å². The van der Waals surface area contributed by atoms with Crippen molar-refractivity contribution in [2.45, 2.75) is 44.1 Å². The number of primary amides is 1. The van der Waals surface area contributed by atoms with E-state index in [1.54, 1.807) is 20.2 Å². The number of halogens is 2. The van der Waals surface area contributed by atoms with Gasteiger partial charge in [-0.25, -0.2) is 4.39 Å². The van der Waals surface area contributed by atoms with Crippen molar-refractivity contribution in [3.05, 3.63) is 88.2 Å². The quantitative estimate of drug-likeness (QED) is 0.244. The number of nitrogens with one attached hydrogen (secondary N) is 1. The number of carbonyl (C=O) groups is 2. The number of ether oxygens (including phenoxy) is 2. The van der Waals surface area contributed by atoms with Crippen LogP contribution in [-0.2, 0) is 9.53 Å². The zero-order chi connectivity index (χ0) is 30.1. The summed E-state index contributed by atoms with van der Waals surface area (Å²) in [7, 11) is 3.27. The molecule has 3 aromatic carbocycles. The second-order valence-corrected chi connectivity index (χ2v) is 11.2. The van der Waals surface area contributed by atoms with Crippen LogP contribution in [0.4, 0.5) is 4.39 Å². The minimum absolute atomic E-state index is 0.00308. The van der Waals surface area contributed by atoms with E-state index < -0.39 is 11.7 Å². The standard InChI is InChI=1S/C33H39ClFN3O4/c1-38(2)30(39)21-41-17-18-42-29-16-14-25(33(36)40)31(32(29)35)26-19-23(13-15-28(26)34)27(22-9-5-3-6-10-22)20-37-24-11-7-4-8-12-24/h3,5-6,9-10,13-16,19,24,27,37H,4,7-8,11-12,17-18,20-21H2,1-2H3,(H2,36,40). The molecular formula is C33H39ClFN3O4. The minimum atomic E-state index is -0.777. The molecule has 1 fully saturated rings. The Kier molecular flexibility index (Phi) is 11.3. The minimum Gasteiger partial charge on any atom is -0.488 e. The number of likely N-dealkylation sites (N-methyl/N-ethyl adjacent to an activating group) is 1. The van der Waals surface area contributed by atoms with Crippen LogP contribution in [0.2, 0.25) is 5.02 Å². The molecule has 3 aromatic rings. The highest BCUT2D eigenvalue weighted by atomic mass is 35.5. The molecule has 1 unspecified atom stereocenters. The highest BCUT2D eigenvalue weighted by molar-refractivity contribution is 6.33. The van der Waals surface area contributed by atoms with Gasteiger partial charge in [-0.2, -0.15) is 0 Å². The van der Waals surface area contributed by atoms with Crippen LogP contribution < -0.4 is 15.8 Å². The van der Waals surface area contributed by atoms with E-state index in [9.17, 15) is 9.59 Å². The summed E-state index contributed by atoms with van der Waals surface area (Å²) in [5.41, 5.74) is 8.08. The van der Waals surface area contributed by atoms with Crippen LogP contribution in [0.3, 0.4) is 0 Å². The summed E-state index contributed by atoms with van der Waals surface area (Å²) < 4.78 is 27.0. The van der Waals surface area contributed by atoms with Gasteiger partial charge in [-0.3, -0.25) is 9.59 Å². The van der Waals surface area contributed by atoms with Gasteiger partial charge >= 0.3 is 0 Å². The van der Waals surface area contributed by atoms with Gasteiger partial charge in [-0.1, -0.05) is 67.3 Å². The smallest absolute Gasteiger partial charge is 0.249 e. The van der Waals surface area contributed by atoms with Crippen molar-refractivity contribution >= 4 is 23.4 Å². The van der Waals surface area contributed by atoms with Crippen LogP contribution in [0, 0.1) is 5.82 Å². The molecule has 0 aromatic heterocycles. The molecule has 7 nitrogen and oxygen atoms in total. The van der Waals surface area contributed by atoms with Gasteiger partial charge < -0.3 is 25.4 Å². The number of hydrogen-bond acceptors (Lipinski definition) is 5. The SMILES string of the molecule is CN(C)C(=O)COCCOc1ccc(C(N)=O)c(-c2cc(C(CNC3CCCCC3)c3ccccc3)ccc2Cl)c1F. The van der Waals surface area contributed by atoms with Crippen LogP contribution in [0.5, 0.6) is 5.75 Å². The van der Waals surface area contributed by atoms with E-state index in [2.05, 4.69) is 17.4 Å². The predicted molar refractivity (Wildman–Crippen MR) is 164 cm³/mol. The molecule has 2 amide bonds. The van der Waals surface area contributed by atoms with Crippen molar-refractivity contribution in [3.63, 3.8) is 0 Å². The second kappa shape index (κ2) is 15.1. The highest BCUT2D eigenvalue weighted by Crippen LogP contribution is 2.39. The molecule has 224 valence electrons. The van der Waals surface area contributed by atoms with Gasteiger partial charge in [0.05, 0.1) is 12.2 Å². The van der Waals surface area contributed by atoms with Crippen molar-refractivity contribution in [1.29, 1.82) is 0 Å². The summed E-state index contributed by atoms with van der Waals surface area (Å²) in [5.74, 6) is -1.80. The van der Waals surface area contributed by atoms with Crippen LogP contribution in [-0.4, -0.2) is 63.2 Å². The fourth-order valence-electron chi connectivity index (χ4n) is 5.29. The maximum absolute atomic E-state index is 16.0. The Hall–Kier alpha value is -3.46. The van der Waals surface area contributed by atoms with Crippen molar-refractivity contribution in [3.8, 4) is 16.9 Å². The van der Waals surface area contributed by atoms with Gasteiger partial charge in [-0.05, 0) is 48.2 Å². The Labute approximate surface area is 252 Å². The molecular weight excluding hydrogens is 557 g/mol. The van der Waals surface area contributed by atoms with E-state index in [-0.39, 0.29) is 53.5 Å². The van der Waals surface area contributed by atoms with Crippen molar-refractivity contribution in [1.82, 2.24) is 10.2 Å². The number of rotatable bonds is 13. The van der Waals surface area contributed by atoms with Crippen molar-refractivity contribution in [2.75, 3.05) is 40.5 Å². The summed E-state index contributed by atoms with van der Waals surface area (Å²) in [6.07, 6.45) is 6.05. The molecule has 0 radical (unpaired) electrons. The van der Waals surface area contributed by atoms with Crippen molar-refractivity contribution in [2.24, 2.45) is 5.73 Å². The molecule has 0 aliphatic heterocycles. The van der Waals surface area contributed by atoms with Crippen LogP contribution in [0.15, 0.2) is 60.7 Å². The molecule has 1 aliphatic carbocycles. The molecule has 1 aliphatic rings. The van der Waals surface area contributed by atoms with E-state index in [1.807, 2.05) is 30.3 Å². The van der Waals surface area contributed by atoms with E-state index in [4.69, 9.17) is 26.8 Å². The first-order valence-corrected chi connectivity index (χ1v) is 14.7. The Balaban J connectivity index is 1.63. The Bertz CT molecular complexity index is 1360. The molecule has 0 heterocycles. The highest BCUT2D eigenvalue weighted by Gasteiger charge is 2.24. The number of benzene rings is 3. The first-order valence-electron chi connectivity index (χ1n) is 14.4. The van der Waals surface area contributed by atoms with E-state index >= 15 is 4.39 Å². The van der Waals surface area contributed by atoms with Crippen LogP contribution in [0.25, 0.3) is 11.1 Å². The number of amides is 2. The van der Waals surface area contributed by atoms with Crippen LogP contribution >= 0.6 is 11.6 Å². The summed E-state index contributed by atoms with van der Waals surface area (Å²) >= 11 is 6.65. The first-order chi connectivity index (χ1) is 20.3. The first kappa shape index (κ1) is 31.5. The molecule has 4 rings (SSSR count). The Morgan fingerprint density at radius 3 is 2.45 bits per heavy atom. The third-order valence-electron chi connectivity index (χ3n) is 7.66. The molecule has 1 atom stereocenters. The maximum Gasteiger partial charge on any atom is 0.249 e. The molecule has 0 spiro atoms. The second-order valence-electron chi connectivity index (χ2n) is 10.8. The van der Waals surface area contributed by atoms with Crippen molar-refractivity contribution < 1.29 is 23.5 Å². The summed E-state index contributed by atoms with van der Waals surface area (Å²) in [6.45, 7) is 0.685. The number of nitrogens with two attached hydrogens (primary N) is 1. The van der Waals surface area contributed by atoms with Gasteiger partial charge in [0.15, 0.2) is 11.6 Å². The molecule has 1 saturated carbocycles. The molecule has 0 saturated heterocycles. The third-order valence-corrected chi connectivity index (χ3v) is 7.99. The maximum atomic E-state index is 16.0. The number of hydrogen-bond donors (Lipinski definition) is 2. The van der Waals surface area contributed by atoms with Gasteiger partial charge in [0, 0.05) is 48.7 Å². The lowest BCUT2D eigenvalue weighted by Gasteiger charge is -2.27. The summed E-state index contributed by atoms with van der Waals surface area (Å²) in [5, 5.41) is 4.04. The number of carbonyl (C=O) groups excluding carboxylic acids is 2. The summed E-state index contributed by atoms with van der Waals surface area (Å²) in [6, 6.07) is 18.9. The normalized spacial score (nSPS) is 14.4. The fourth-order valence-corrected chi connectivity index (χ4v) is 5.50. The predicted octanol–water partition coefficient (Wildman–Crippen LogP) is 5.78. The molecule has 3 N–H and O–H groups in total. The van der Waals surface area contributed by atoms with E-state index in [0.29, 0.717) is 18.2 Å². The molecule has 0 bridgehead atoms. The molecule has 42 heavy (non-hydrogen) atoms. The van der Waals surface area contributed by atoms with E-state index in [0.717, 1.165) is 24.0 Å². The van der Waals surface area contributed by atoms with E-state index in [1.165, 1.54) is 36.3 Å². The van der Waals surface area contributed by atoms with Gasteiger partial charge in [-0.15, -0.1) is 0 Å². The van der Waals surface area contributed by atoms with Gasteiger partial charge in [0.25, 0.3) is 0 Å². The lowest BCUT2D eigenvalue weighted by atomic mass is 9.87. The zero-order valence-corrected chi connectivity index (χ0v) is 25.0. The number of nitrogens with zero attached hydrogens (tertiary/aromatic N) is 1. The third kappa shape index (κ3) is 8.09. The van der Waals surface area contributed by atoms with Gasteiger partial charge in [0.1, 0.15) is 13.2 Å². The lowest BCUT2D eigenvalue weighted by molar-refractivity contribution is -0.133. The fraction of sp³-hybridized carbons (Fsp3) is 0.394. The summed E-state index contributed by atoms with van der Waals surface area (Å²) in [4.78, 5) is 25.5.